The maximum Gasteiger partial charge on any atom is 0.242 e. The SMILES string of the molecule is CCCCS(=O)(=O)N1CCCC1C(=O)Nc1ccc(CN2CCN(Cc3ccccc3)CC2)cc1. The summed E-state index contributed by atoms with van der Waals surface area (Å²) in [4.78, 5) is 17.8. The van der Waals surface area contributed by atoms with E-state index in [-0.39, 0.29) is 11.7 Å². The van der Waals surface area contributed by atoms with E-state index in [0.29, 0.717) is 25.1 Å². The van der Waals surface area contributed by atoms with E-state index in [1.807, 2.05) is 19.1 Å². The van der Waals surface area contributed by atoms with Crippen LogP contribution in [0.4, 0.5) is 5.69 Å². The molecule has 2 aromatic carbocycles. The fourth-order valence-corrected chi connectivity index (χ4v) is 6.79. The Balaban J connectivity index is 1.25. The zero-order valence-corrected chi connectivity index (χ0v) is 21.5. The topological polar surface area (TPSA) is 73.0 Å². The van der Waals surface area contributed by atoms with Gasteiger partial charge in [0.2, 0.25) is 15.9 Å². The molecular weight excluding hydrogens is 460 g/mol. The number of piperazine rings is 1. The molecule has 190 valence electrons. The van der Waals surface area contributed by atoms with Crippen molar-refractivity contribution in [3.63, 3.8) is 0 Å². The minimum absolute atomic E-state index is 0.114. The molecule has 2 aliphatic rings. The first-order chi connectivity index (χ1) is 16.9. The van der Waals surface area contributed by atoms with Crippen molar-refractivity contribution in [2.75, 3.05) is 43.8 Å². The van der Waals surface area contributed by atoms with Crippen LogP contribution in [0.5, 0.6) is 0 Å². The van der Waals surface area contributed by atoms with Gasteiger partial charge in [-0.25, -0.2) is 8.42 Å². The quantitative estimate of drug-likeness (QED) is 0.543. The molecule has 0 aliphatic carbocycles. The Morgan fingerprint density at radius 2 is 1.49 bits per heavy atom. The third-order valence-electron chi connectivity index (χ3n) is 6.96. The van der Waals surface area contributed by atoms with Gasteiger partial charge in [0.25, 0.3) is 0 Å². The number of unbranched alkanes of at least 4 members (excludes halogenated alkanes) is 1. The van der Waals surface area contributed by atoms with Gasteiger partial charge in [0.1, 0.15) is 6.04 Å². The molecule has 0 bridgehead atoms. The van der Waals surface area contributed by atoms with E-state index in [1.165, 1.54) is 15.4 Å². The highest BCUT2D eigenvalue weighted by molar-refractivity contribution is 7.89. The molecule has 0 spiro atoms. The van der Waals surface area contributed by atoms with E-state index < -0.39 is 16.1 Å². The van der Waals surface area contributed by atoms with Gasteiger partial charge in [-0.2, -0.15) is 4.31 Å². The second kappa shape index (κ2) is 12.1. The number of benzene rings is 2. The number of hydrogen-bond acceptors (Lipinski definition) is 5. The predicted molar refractivity (Wildman–Crippen MR) is 140 cm³/mol. The van der Waals surface area contributed by atoms with Crippen molar-refractivity contribution >= 4 is 21.6 Å². The number of hydrogen-bond donors (Lipinski definition) is 1. The summed E-state index contributed by atoms with van der Waals surface area (Å²) in [5.74, 6) is -0.118. The molecule has 7 nitrogen and oxygen atoms in total. The lowest BCUT2D eigenvalue weighted by molar-refractivity contribution is -0.119. The van der Waals surface area contributed by atoms with Gasteiger partial charge in [0.05, 0.1) is 5.75 Å². The number of anilines is 1. The second-order valence-corrected chi connectivity index (χ2v) is 11.7. The molecule has 1 N–H and O–H groups in total. The maximum atomic E-state index is 12.9. The first-order valence-electron chi connectivity index (χ1n) is 12.8. The fourth-order valence-electron chi connectivity index (χ4n) is 4.90. The van der Waals surface area contributed by atoms with Crippen LogP contribution in [0.15, 0.2) is 54.6 Å². The zero-order chi connectivity index (χ0) is 24.7. The van der Waals surface area contributed by atoms with Gasteiger partial charge in [-0.05, 0) is 42.5 Å². The Hall–Kier alpha value is -2.26. The van der Waals surface area contributed by atoms with E-state index in [9.17, 15) is 13.2 Å². The van der Waals surface area contributed by atoms with Crippen molar-refractivity contribution in [3.8, 4) is 0 Å². The third-order valence-corrected chi connectivity index (χ3v) is 8.92. The molecule has 2 saturated heterocycles. The average Bonchev–Trinajstić information content (AvgIpc) is 3.37. The van der Waals surface area contributed by atoms with Crippen LogP contribution in [0.1, 0.15) is 43.7 Å². The zero-order valence-electron chi connectivity index (χ0n) is 20.7. The van der Waals surface area contributed by atoms with Crippen molar-refractivity contribution in [2.24, 2.45) is 0 Å². The lowest BCUT2D eigenvalue weighted by Crippen LogP contribution is -2.45. The van der Waals surface area contributed by atoms with Crippen LogP contribution in [0.3, 0.4) is 0 Å². The van der Waals surface area contributed by atoms with Crippen LogP contribution in [0, 0.1) is 0 Å². The summed E-state index contributed by atoms with van der Waals surface area (Å²) in [5, 5.41) is 2.94. The summed E-state index contributed by atoms with van der Waals surface area (Å²) in [7, 11) is -3.39. The van der Waals surface area contributed by atoms with Crippen LogP contribution in [0.25, 0.3) is 0 Å². The minimum Gasteiger partial charge on any atom is -0.325 e. The Morgan fingerprint density at radius 1 is 0.886 bits per heavy atom. The molecule has 0 radical (unpaired) electrons. The molecule has 0 saturated carbocycles. The van der Waals surface area contributed by atoms with Gasteiger partial charge in [-0.3, -0.25) is 14.6 Å². The van der Waals surface area contributed by atoms with Crippen LogP contribution in [-0.2, 0) is 27.9 Å². The van der Waals surface area contributed by atoms with Crippen molar-refractivity contribution in [1.29, 1.82) is 0 Å². The van der Waals surface area contributed by atoms with Gasteiger partial charge in [0, 0.05) is 51.5 Å². The summed E-state index contributed by atoms with van der Waals surface area (Å²) in [6, 6.07) is 17.9. The number of carbonyl (C=O) groups excluding carboxylic acids is 1. The molecule has 2 heterocycles. The van der Waals surface area contributed by atoms with Crippen molar-refractivity contribution in [3.05, 3.63) is 65.7 Å². The maximum absolute atomic E-state index is 12.9. The highest BCUT2D eigenvalue weighted by Gasteiger charge is 2.38. The minimum atomic E-state index is -3.39. The first-order valence-corrected chi connectivity index (χ1v) is 14.4. The summed E-state index contributed by atoms with van der Waals surface area (Å²) in [6.07, 6.45) is 2.74. The number of rotatable bonds is 10. The molecule has 2 aromatic rings. The fraction of sp³-hybridized carbons (Fsp3) is 0.519. The molecule has 35 heavy (non-hydrogen) atoms. The van der Waals surface area contributed by atoms with Gasteiger partial charge in [-0.1, -0.05) is 55.8 Å². The number of carbonyl (C=O) groups is 1. The van der Waals surface area contributed by atoms with Crippen molar-refractivity contribution < 1.29 is 13.2 Å². The predicted octanol–water partition coefficient (Wildman–Crippen LogP) is 3.54. The molecule has 2 aliphatic heterocycles. The summed E-state index contributed by atoms with van der Waals surface area (Å²) < 4.78 is 26.7. The second-order valence-electron chi connectivity index (χ2n) is 9.66. The molecule has 1 unspecified atom stereocenters. The Kier molecular flexibility index (Phi) is 8.94. The number of amides is 1. The first kappa shape index (κ1) is 25.8. The largest absolute Gasteiger partial charge is 0.325 e. The normalized spacial score (nSPS) is 20.2. The average molecular weight is 499 g/mol. The van der Waals surface area contributed by atoms with E-state index in [4.69, 9.17) is 0 Å². The molecule has 4 rings (SSSR count). The number of nitrogens with one attached hydrogen (secondary N) is 1. The van der Waals surface area contributed by atoms with Gasteiger partial charge < -0.3 is 5.32 Å². The van der Waals surface area contributed by atoms with E-state index in [1.54, 1.807) is 0 Å². The monoisotopic (exact) mass is 498 g/mol. The highest BCUT2D eigenvalue weighted by Crippen LogP contribution is 2.24. The van der Waals surface area contributed by atoms with Crippen LogP contribution in [0.2, 0.25) is 0 Å². The Bertz CT molecular complexity index is 1050. The summed E-state index contributed by atoms with van der Waals surface area (Å²) >= 11 is 0. The summed E-state index contributed by atoms with van der Waals surface area (Å²) in [5.41, 5.74) is 3.28. The molecule has 1 amide bonds. The highest BCUT2D eigenvalue weighted by atomic mass is 32.2. The summed E-state index contributed by atoms with van der Waals surface area (Å²) in [6.45, 7) is 8.48. The molecular formula is C27H38N4O3S. The van der Waals surface area contributed by atoms with Crippen LogP contribution >= 0.6 is 0 Å². The lowest BCUT2D eigenvalue weighted by Gasteiger charge is -2.34. The number of sulfonamides is 1. The van der Waals surface area contributed by atoms with Crippen molar-refractivity contribution in [2.45, 2.75) is 51.7 Å². The van der Waals surface area contributed by atoms with E-state index in [2.05, 4.69) is 57.6 Å². The Morgan fingerprint density at radius 3 is 2.09 bits per heavy atom. The Labute approximate surface area is 210 Å². The van der Waals surface area contributed by atoms with Gasteiger partial charge >= 0.3 is 0 Å². The molecule has 0 aromatic heterocycles. The standard InChI is InChI=1S/C27H38N4O3S/c1-2-3-20-35(33,34)31-15-7-10-26(31)27(32)28-25-13-11-24(12-14-25)22-30-18-16-29(17-19-30)21-23-8-5-4-6-9-23/h4-6,8-9,11-14,26H,2-3,7,10,15-22H2,1H3,(H,28,32). The van der Waals surface area contributed by atoms with E-state index >= 15 is 0 Å². The third kappa shape index (κ3) is 7.13. The van der Waals surface area contributed by atoms with Crippen LogP contribution in [-0.4, -0.2) is 72.9 Å². The molecule has 8 heteroatoms. The lowest BCUT2D eigenvalue weighted by atomic mass is 10.1. The molecule has 1 atom stereocenters. The number of nitrogens with zero attached hydrogens (tertiary/aromatic N) is 3. The van der Waals surface area contributed by atoms with Crippen LogP contribution < -0.4 is 5.32 Å². The smallest absolute Gasteiger partial charge is 0.242 e. The van der Waals surface area contributed by atoms with Crippen molar-refractivity contribution in [1.82, 2.24) is 14.1 Å². The van der Waals surface area contributed by atoms with Gasteiger partial charge in [-0.15, -0.1) is 0 Å². The van der Waals surface area contributed by atoms with E-state index in [0.717, 1.165) is 52.1 Å². The van der Waals surface area contributed by atoms with Gasteiger partial charge in [0.15, 0.2) is 0 Å². The molecule has 2 fully saturated rings.